The Bertz CT molecular complexity index is 1250. The van der Waals surface area contributed by atoms with Crippen molar-refractivity contribution in [2.45, 2.75) is 0 Å². The van der Waals surface area contributed by atoms with Crippen LogP contribution in [0.2, 0.25) is 0 Å². The Kier molecular flexibility index (Phi) is 15.2. The lowest BCUT2D eigenvalue weighted by atomic mass is 10.0. The number of halogens is 4. The highest BCUT2D eigenvalue weighted by molar-refractivity contribution is 5.70. The average molecular weight is 610 g/mol. The molecule has 6 aromatic rings. The minimum Gasteiger partial charge on any atom is -1.00 e. The Morgan fingerprint density at radius 2 is 0.325 bits per heavy atom. The Hall–Kier alpha value is -3.80. The van der Waals surface area contributed by atoms with Crippen molar-refractivity contribution >= 4 is 0 Å². The standard InChI is InChI=1S/2C16H12N2.4ClH/c2*1-2-14(16-7-11-18-12-8-16)4-3-13(1)15-5-9-17-10-6-15;;;;/h2*1-12H;4*1H. The van der Waals surface area contributed by atoms with Gasteiger partial charge in [-0.3, -0.25) is 0 Å². The van der Waals surface area contributed by atoms with Gasteiger partial charge in [0, 0.05) is 48.5 Å². The van der Waals surface area contributed by atoms with Gasteiger partial charge >= 0.3 is 0 Å². The van der Waals surface area contributed by atoms with E-state index in [0.29, 0.717) is 0 Å². The van der Waals surface area contributed by atoms with E-state index in [1.807, 2.05) is 49.6 Å². The molecule has 4 aromatic heterocycles. The summed E-state index contributed by atoms with van der Waals surface area (Å²) in [6.07, 6.45) is 15.5. The molecule has 204 valence electrons. The van der Waals surface area contributed by atoms with Gasteiger partial charge in [-0.15, -0.1) is 0 Å². The maximum atomic E-state index is 3.04. The van der Waals surface area contributed by atoms with Crippen LogP contribution in [0.25, 0.3) is 44.5 Å². The molecule has 0 amide bonds. The van der Waals surface area contributed by atoms with Gasteiger partial charge in [0.05, 0.1) is 0 Å². The van der Waals surface area contributed by atoms with Crippen LogP contribution in [0.1, 0.15) is 0 Å². The highest BCUT2D eigenvalue weighted by atomic mass is 35.5. The molecule has 4 nitrogen and oxygen atoms in total. The van der Waals surface area contributed by atoms with Crippen molar-refractivity contribution in [1.82, 2.24) is 0 Å². The molecule has 0 radical (unpaired) electrons. The Morgan fingerprint density at radius 3 is 0.475 bits per heavy atom. The largest absolute Gasteiger partial charge is 1.00 e. The normalized spacial score (nSPS) is 9.20. The first-order chi connectivity index (χ1) is 17.9. The summed E-state index contributed by atoms with van der Waals surface area (Å²) in [4.78, 5) is 12.1. The lowest BCUT2D eigenvalue weighted by Gasteiger charge is -2.02. The quantitative estimate of drug-likeness (QED) is 0.191. The van der Waals surface area contributed by atoms with E-state index < -0.39 is 0 Å². The molecule has 0 aliphatic heterocycles. The van der Waals surface area contributed by atoms with E-state index in [1.165, 1.54) is 44.5 Å². The molecule has 0 fully saturated rings. The lowest BCUT2D eigenvalue weighted by Crippen LogP contribution is -3.00. The van der Waals surface area contributed by atoms with Gasteiger partial charge < -0.3 is 49.6 Å². The SMILES string of the molecule is [Cl-].[Cl-].[Cl-].[Cl-].c1cc(-c2ccc(-c3cc[nH+]cc3)cc2)cc[nH+]1.c1cc(-c2ccc(-c3cc[nH+]cc3)cc2)cc[nH+]1. The summed E-state index contributed by atoms with van der Waals surface area (Å²) in [6, 6.07) is 33.8. The summed E-state index contributed by atoms with van der Waals surface area (Å²) in [5.74, 6) is 0. The highest BCUT2D eigenvalue weighted by Crippen LogP contribution is 2.24. The number of aromatic amines is 4. The Balaban J connectivity index is 0.000000364. The predicted molar refractivity (Wildman–Crippen MR) is 141 cm³/mol. The molecular weight excluding hydrogens is 582 g/mol. The highest BCUT2D eigenvalue weighted by Gasteiger charge is 2.02. The second-order valence-corrected chi connectivity index (χ2v) is 8.31. The molecule has 0 atom stereocenters. The van der Waals surface area contributed by atoms with Crippen LogP contribution in [0, 0.1) is 0 Å². The zero-order chi connectivity index (χ0) is 24.4. The third-order valence-electron chi connectivity index (χ3n) is 5.98. The van der Waals surface area contributed by atoms with Crippen molar-refractivity contribution in [3.8, 4) is 44.5 Å². The first kappa shape index (κ1) is 34.2. The van der Waals surface area contributed by atoms with Crippen molar-refractivity contribution in [2.75, 3.05) is 0 Å². The lowest BCUT2D eigenvalue weighted by molar-refractivity contribution is -0.378. The number of hydrogen-bond acceptors (Lipinski definition) is 0. The monoisotopic (exact) mass is 608 g/mol. The van der Waals surface area contributed by atoms with Crippen LogP contribution in [0.4, 0.5) is 0 Å². The van der Waals surface area contributed by atoms with E-state index in [0.717, 1.165) is 0 Å². The second-order valence-electron chi connectivity index (χ2n) is 8.31. The first-order valence-electron chi connectivity index (χ1n) is 11.9. The van der Waals surface area contributed by atoms with E-state index in [2.05, 4.69) is 117 Å². The predicted octanol–water partition coefficient (Wildman–Crippen LogP) is -6.69. The van der Waals surface area contributed by atoms with Crippen LogP contribution < -0.4 is 69.6 Å². The van der Waals surface area contributed by atoms with Gasteiger partial charge in [0.25, 0.3) is 0 Å². The number of H-pyrrole nitrogens is 4. The van der Waals surface area contributed by atoms with Gasteiger partial charge in [-0.2, -0.15) is 0 Å². The van der Waals surface area contributed by atoms with Crippen molar-refractivity contribution in [3.05, 3.63) is 147 Å². The number of benzene rings is 2. The van der Waals surface area contributed by atoms with Crippen LogP contribution in [0.5, 0.6) is 0 Å². The van der Waals surface area contributed by atoms with E-state index in [-0.39, 0.29) is 49.6 Å². The fourth-order valence-corrected chi connectivity index (χ4v) is 4.03. The maximum absolute atomic E-state index is 3.04. The first-order valence-corrected chi connectivity index (χ1v) is 11.9. The van der Waals surface area contributed by atoms with Crippen LogP contribution in [-0.2, 0) is 0 Å². The number of aromatic nitrogens is 4. The number of rotatable bonds is 4. The topological polar surface area (TPSA) is 56.6 Å². The van der Waals surface area contributed by atoms with Gasteiger partial charge in [-0.05, 0) is 44.5 Å². The van der Waals surface area contributed by atoms with Crippen molar-refractivity contribution in [3.63, 3.8) is 0 Å². The van der Waals surface area contributed by atoms with E-state index in [9.17, 15) is 0 Å². The van der Waals surface area contributed by atoms with Crippen molar-refractivity contribution in [2.24, 2.45) is 0 Å². The number of hydrogen-bond donors (Lipinski definition) is 0. The summed E-state index contributed by atoms with van der Waals surface area (Å²) in [5.41, 5.74) is 9.82. The molecule has 0 bridgehead atoms. The Labute approximate surface area is 259 Å². The molecule has 2 aromatic carbocycles. The zero-order valence-electron chi connectivity index (χ0n) is 21.4. The molecular formula is C32H28Cl4N4. The van der Waals surface area contributed by atoms with E-state index in [1.54, 1.807) is 0 Å². The second kappa shape index (κ2) is 17.7. The maximum Gasteiger partial charge on any atom is 0.167 e. The molecule has 0 aliphatic carbocycles. The molecule has 0 aliphatic rings. The third-order valence-corrected chi connectivity index (χ3v) is 5.98. The minimum absolute atomic E-state index is 0. The average Bonchev–Trinajstić information content (AvgIpc) is 2.99. The molecule has 4 N–H and O–H groups in total. The fourth-order valence-electron chi connectivity index (χ4n) is 4.03. The summed E-state index contributed by atoms with van der Waals surface area (Å²) < 4.78 is 0. The summed E-state index contributed by atoms with van der Waals surface area (Å²) >= 11 is 0. The van der Waals surface area contributed by atoms with E-state index >= 15 is 0 Å². The Morgan fingerprint density at radius 1 is 0.200 bits per heavy atom. The molecule has 4 heterocycles. The molecule has 0 saturated heterocycles. The van der Waals surface area contributed by atoms with Crippen molar-refractivity contribution in [1.29, 1.82) is 0 Å². The van der Waals surface area contributed by atoms with Crippen LogP contribution in [-0.4, -0.2) is 0 Å². The third kappa shape index (κ3) is 9.15. The van der Waals surface area contributed by atoms with Gasteiger partial charge in [-0.1, -0.05) is 48.5 Å². The van der Waals surface area contributed by atoms with Crippen LogP contribution in [0.3, 0.4) is 0 Å². The molecule has 0 unspecified atom stereocenters. The minimum atomic E-state index is 0. The van der Waals surface area contributed by atoms with Gasteiger partial charge in [0.1, 0.15) is 0 Å². The van der Waals surface area contributed by atoms with Crippen LogP contribution >= 0.6 is 0 Å². The van der Waals surface area contributed by atoms with E-state index in [4.69, 9.17) is 0 Å². The smallest absolute Gasteiger partial charge is 0.167 e. The van der Waals surface area contributed by atoms with Crippen molar-refractivity contribution < 1.29 is 69.6 Å². The molecule has 0 saturated carbocycles. The fraction of sp³-hybridized carbons (Fsp3) is 0. The molecule has 8 heteroatoms. The molecule has 40 heavy (non-hydrogen) atoms. The molecule has 0 spiro atoms. The number of pyridine rings is 4. The van der Waals surface area contributed by atoms with Gasteiger partial charge in [-0.25, -0.2) is 19.9 Å². The van der Waals surface area contributed by atoms with Gasteiger partial charge in [0.15, 0.2) is 49.6 Å². The van der Waals surface area contributed by atoms with Gasteiger partial charge in [0.2, 0.25) is 0 Å². The van der Waals surface area contributed by atoms with Crippen LogP contribution in [0.15, 0.2) is 147 Å². The molecule has 6 rings (SSSR count). The summed E-state index contributed by atoms with van der Waals surface area (Å²) in [6.45, 7) is 0. The summed E-state index contributed by atoms with van der Waals surface area (Å²) in [7, 11) is 0. The number of nitrogens with one attached hydrogen (secondary N) is 4. The summed E-state index contributed by atoms with van der Waals surface area (Å²) in [5, 5.41) is 0. The zero-order valence-corrected chi connectivity index (χ0v) is 24.4.